The third-order valence-corrected chi connectivity index (χ3v) is 4.69. The zero-order chi connectivity index (χ0) is 23.0. The van der Waals surface area contributed by atoms with E-state index in [2.05, 4.69) is 15.5 Å². The van der Waals surface area contributed by atoms with Crippen LogP contribution in [0, 0.1) is 0 Å². The molecule has 0 unspecified atom stereocenters. The van der Waals surface area contributed by atoms with E-state index in [0.717, 1.165) is 5.56 Å². The van der Waals surface area contributed by atoms with Crippen molar-refractivity contribution >= 4 is 29.5 Å². The van der Waals surface area contributed by atoms with Crippen LogP contribution >= 0.6 is 11.6 Å². The van der Waals surface area contributed by atoms with Crippen molar-refractivity contribution in [3.63, 3.8) is 0 Å². The summed E-state index contributed by atoms with van der Waals surface area (Å²) < 4.78 is 16.3. The van der Waals surface area contributed by atoms with Gasteiger partial charge in [-0.2, -0.15) is 0 Å². The van der Waals surface area contributed by atoms with Gasteiger partial charge < -0.3 is 13.9 Å². The Hall–Kier alpha value is -4.17. The van der Waals surface area contributed by atoms with Gasteiger partial charge in [0.2, 0.25) is 5.89 Å². The number of nitrogens with zero attached hydrogens (tertiary/aromatic N) is 2. The number of aromatic nitrogens is 2. The molecular weight excluding hydrogens is 446 g/mol. The van der Waals surface area contributed by atoms with Crippen LogP contribution < -0.4 is 10.1 Å². The minimum absolute atomic E-state index is 0.0957. The lowest BCUT2D eigenvalue weighted by Gasteiger charge is -2.11. The smallest absolute Gasteiger partial charge is 0.342 e. The Morgan fingerprint density at radius 1 is 0.909 bits per heavy atom. The van der Waals surface area contributed by atoms with Crippen molar-refractivity contribution in [3.05, 3.63) is 95.0 Å². The summed E-state index contributed by atoms with van der Waals surface area (Å²) in [7, 11) is 0. The average Bonchev–Trinajstić information content (AvgIpc) is 3.31. The zero-order valence-corrected chi connectivity index (χ0v) is 18.0. The van der Waals surface area contributed by atoms with E-state index < -0.39 is 18.5 Å². The lowest BCUT2D eigenvalue weighted by Crippen LogP contribution is -2.21. The second kappa shape index (κ2) is 10.4. The Morgan fingerprint density at radius 2 is 1.64 bits per heavy atom. The molecule has 0 aliphatic carbocycles. The molecular formula is C24H18ClN3O5. The van der Waals surface area contributed by atoms with Gasteiger partial charge in [0.1, 0.15) is 17.9 Å². The van der Waals surface area contributed by atoms with Crippen molar-refractivity contribution < 1.29 is 23.5 Å². The molecule has 166 valence electrons. The van der Waals surface area contributed by atoms with Crippen LogP contribution in [0.3, 0.4) is 0 Å². The predicted molar refractivity (Wildman–Crippen MR) is 121 cm³/mol. The van der Waals surface area contributed by atoms with Gasteiger partial charge in [0, 0.05) is 10.6 Å². The second-order valence-corrected chi connectivity index (χ2v) is 7.25. The Bertz CT molecular complexity index is 1240. The van der Waals surface area contributed by atoms with Crippen LogP contribution in [0.2, 0.25) is 5.02 Å². The van der Waals surface area contributed by atoms with Crippen LogP contribution in [0.15, 0.2) is 83.3 Å². The van der Waals surface area contributed by atoms with Gasteiger partial charge in [-0.3, -0.25) is 10.1 Å². The maximum atomic E-state index is 12.5. The van der Waals surface area contributed by atoms with Crippen molar-refractivity contribution in [3.8, 4) is 17.2 Å². The van der Waals surface area contributed by atoms with E-state index in [4.69, 9.17) is 25.5 Å². The van der Waals surface area contributed by atoms with Gasteiger partial charge in [0.05, 0.1) is 0 Å². The molecule has 0 aliphatic heterocycles. The monoisotopic (exact) mass is 463 g/mol. The van der Waals surface area contributed by atoms with Crippen molar-refractivity contribution in [2.75, 3.05) is 11.9 Å². The van der Waals surface area contributed by atoms with Gasteiger partial charge in [0.15, 0.2) is 6.61 Å². The number of hydrogen-bond acceptors (Lipinski definition) is 7. The number of para-hydroxylation sites is 1. The molecule has 4 aromatic rings. The van der Waals surface area contributed by atoms with Crippen LogP contribution in [-0.4, -0.2) is 28.7 Å². The first-order chi connectivity index (χ1) is 16.1. The van der Waals surface area contributed by atoms with Crippen LogP contribution in [0.25, 0.3) is 11.5 Å². The van der Waals surface area contributed by atoms with Gasteiger partial charge in [-0.1, -0.05) is 59.2 Å². The SMILES string of the molecule is O=C(COC(=O)c1ccccc1OCc1ccc(Cl)cc1)Nc1nnc(-c2ccccc2)o1. The topological polar surface area (TPSA) is 104 Å². The Kier molecular flexibility index (Phi) is 6.96. The molecule has 0 bridgehead atoms. The molecule has 0 atom stereocenters. The molecule has 0 fully saturated rings. The summed E-state index contributed by atoms with van der Waals surface area (Å²) in [6, 6.07) is 22.8. The highest BCUT2D eigenvalue weighted by Crippen LogP contribution is 2.21. The number of amides is 1. The van der Waals surface area contributed by atoms with Crippen LogP contribution in [-0.2, 0) is 16.1 Å². The number of carbonyl (C=O) groups is 2. The number of ether oxygens (including phenoxy) is 2. The van der Waals surface area contributed by atoms with Gasteiger partial charge in [0.25, 0.3) is 5.91 Å². The van der Waals surface area contributed by atoms with E-state index in [1.54, 1.807) is 48.5 Å². The molecule has 9 heteroatoms. The molecule has 33 heavy (non-hydrogen) atoms. The van der Waals surface area contributed by atoms with Gasteiger partial charge >= 0.3 is 12.0 Å². The fourth-order valence-corrected chi connectivity index (χ4v) is 2.96. The van der Waals surface area contributed by atoms with E-state index in [-0.39, 0.29) is 24.1 Å². The fraction of sp³-hybridized carbons (Fsp3) is 0.0833. The number of benzene rings is 3. The number of anilines is 1. The molecule has 3 aromatic carbocycles. The van der Waals surface area contributed by atoms with Gasteiger partial charge in [-0.15, -0.1) is 5.10 Å². The second-order valence-electron chi connectivity index (χ2n) is 6.81. The molecule has 1 aromatic heterocycles. The molecule has 0 radical (unpaired) electrons. The minimum atomic E-state index is -0.702. The van der Waals surface area contributed by atoms with Crippen molar-refractivity contribution in [1.29, 1.82) is 0 Å². The quantitative estimate of drug-likeness (QED) is 0.375. The summed E-state index contributed by atoms with van der Waals surface area (Å²) in [4.78, 5) is 24.7. The van der Waals surface area contributed by atoms with E-state index in [9.17, 15) is 9.59 Å². The summed E-state index contributed by atoms with van der Waals surface area (Å²) in [5.41, 5.74) is 1.80. The first kappa shape index (κ1) is 22.0. The largest absolute Gasteiger partial charge is 0.488 e. The average molecular weight is 464 g/mol. The van der Waals surface area contributed by atoms with Crippen molar-refractivity contribution in [2.24, 2.45) is 0 Å². The Labute approximate surface area is 194 Å². The van der Waals surface area contributed by atoms with Crippen LogP contribution in [0.4, 0.5) is 6.01 Å². The van der Waals surface area contributed by atoms with Crippen LogP contribution in [0.5, 0.6) is 5.75 Å². The number of rotatable bonds is 8. The summed E-state index contributed by atoms with van der Waals surface area (Å²) in [5, 5.41) is 10.7. The highest BCUT2D eigenvalue weighted by atomic mass is 35.5. The predicted octanol–water partition coefficient (Wildman–Crippen LogP) is 4.76. The summed E-state index contributed by atoms with van der Waals surface area (Å²) in [6.07, 6.45) is 0. The first-order valence-corrected chi connectivity index (χ1v) is 10.3. The third kappa shape index (κ3) is 5.96. The van der Waals surface area contributed by atoms with Crippen LogP contribution in [0.1, 0.15) is 15.9 Å². The highest BCUT2D eigenvalue weighted by Gasteiger charge is 2.17. The van der Waals surface area contributed by atoms with E-state index in [0.29, 0.717) is 16.3 Å². The molecule has 1 heterocycles. The Balaban J connectivity index is 1.32. The van der Waals surface area contributed by atoms with Crippen molar-refractivity contribution in [2.45, 2.75) is 6.61 Å². The molecule has 1 N–H and O–H groups in total. The zero-order valence-electron chi connectivity index (χ0n) is 17.2. The Morgan fingerprint density at radius 3 is 2.42 bits per heavy atom. The number of esters is 1. The highest BCUT2D eigenvalue weighted by molar-refractivity contribution is 6.30. The third-order valence-electron chi connectivity index (χ3n) is 4.44. The molecule has 0 spiro atoms. The standard InChI is InChI=1S/C24H18ClN3O5/c25-18-12-10-16(11-13-18)14-31-20-9-5-4-8-19(20)23(30)32-15-21(29)26-24-28-27-22(33-24)17-6-2-1-3-7-17/h1-13H,14-15H2,(H,26,28,29). The molecule has 0 saturated carbocycles. The van der Waals surface area contributed by atoms with Gasteiger partial charge in [-0.25, -0.2) is 4.79 Å². The minimum Gasteiger partial charge on any atom is -0.488 e. The number of carbonyl (C=O) groups excluding carboxylic acids is 2. The van der Waals surface area contributed by atoms with E-state index >= 15 is 0 Å². The molecule has 0 aliphatic rings. The van der Waals surface area contributed by atoms with Gasteiger partial charge in [-0.05, 0) is 42.0 Å². The summed E-state index contributed by atoms with van der Waals surface area (Å²) >= 11 is 5.89. The fourth-order valence-electron chi connectivity index (χ4n) is 2.84. The summed E-state index contributed by atoms with van der Waals surface area (Å²) in [6.45, 7) is -0.295. The van der Waals surface area contributed by atoms with E-state index in [1.807, 2.05) is 30.3 Å². The van der Waals surface area contributed by atoms with Crippen molar-refractivity contribution in [1.82, 2.24) is 10.2 Å². The number of halogens is 1. The molecule has 8 nitrogen and oxygen atoms in total. The number of hydrogen-bond donors (Lipinski definition) is 1. The maximum Gasteiger partial charge on any atom is 0.342 e. The summed E-state index contributed by atoms with van der Waals surface area (Å²) in [5.74, 6) is -0.726. The normalized spacial score (nSPS) is 10.5. The molecule has 0 saturated heterocycles. The first-order valence-electron chi connectivity index (χ1n) is 9.90. The maximum absolute atomic E-state index is 12.5. The molecule has 1 amide bonds. The lowest BCUT2D eigenvalue weighted by atomic mass is 10.2. The number of nitrogens with one attached hydrogen (secondary N) is 1. The molecule has 4 rings (SSSR count). The van der Waals surface area contributed by atoms with E-state index in [1.165, 1.54) is 0 Å². The lowest BCUT2D eigenvalue weighted by molar-refractivity contribution is -0.119.